The number of hydrogen-bond acceptors (Lipinski definition) is 3. The van der Waals surface area contributed by atoms with Gasteiger partial charge in [0.15, 0.2) is 0 Å². The first kappa shape index (κ1) is 15.8. The van der Waals surface area contributed by atoms with Crippen molar-refractivity contribution in [2.75, 3.05) is 19.7 Å². The summed E-state index contributed by atoms with van der Waals surface area (Å²) in [4.78, 5) is 13.1. The average molecular weight is 303 g/mol. The molecule has 1 aromatic carbocycles. The number of rotatable bonds is 2. The zero-order chi connectivity index (χ0) is 15.6. The summed E-state index contributed by atoms with van der Waals surface area (Å²) in [5.74, 6) is -0.507. The molecule has 0 aliphatic carbocycles. The third-order valence-electron chi connectivity index (χ3n) is 3.35. The van der Waals surface area contributed by atoms with Crippen molar-refractivity contribution in [3.63, 3.8) is 0 Å². The molecule has 1 aromatic rings. The molecule has 0 bridgehead atoms. The van der Waals surface area contributed by atoms with E-state index in [1.807, 2.05) is 0 Å². The molecule has 1 N–H and O–H groups in total. The number of nitrogens with zero attached hydrogens (tertiary/aromatic N) is 1. The Balaban J connectivity index is 2.25. The van der Waals surface area contributed by atoms with Crippen LogP contribution >= 0.6 is 0 Å². The lowest BCUT2D eigenvalue weighted by Gasteiger charge is -2.34. The van der Waals surface area contributed by atoms with E-state index in [4.69, 9.17) is 4.74 Å². The number of halogens is 3. The van der Waals surface area contributed by atoms with Gasteiger partial charge in [0.25, 0.3) is 5.91 Å². The molecule has 0 spiro atoms. The molecule has 0 saturated carbocycles. The average Bonchev–Trinajstić information content (AvgIpc) is 2.45. The number of benzene rings is 1. The molecule has 2 rings (SSSR count). The Hall–Kier alpha value is -1.60. The monoisotopic (exact) mass is 303 g/mol. The number of carbonyl (C=O) groups is 1. The van der Waals surface area contributed by atoms with Crippen LogP contribution < -0.4 is 0 Å². The van der Waals surface area contributed by atoms with Gasteiger partial charge in [0.05, 0.1) is 18.7 Å². The van der Waals surface area contributed by atoms with Crippen LogP contribution in [0.25, 0.3) is 0 Å². The van der Waals surface area contributed by atoms with Crippen LogP contribution in [0.5, 0.6) is 0 Å². The zero-order valence-corrected chi connectivity index (χ0v) is 11.4. The topological polar surface area (TPSA) is 49.8 Å². The Morgan fingerprint density at radius 1 is 1.43 bits per heavy atom. The fraction of sp³-hybridized carbons (Fsp3) is 0.500. The van der Waals surface area contributed by atoms with Gasteiger partial charge in [-0.1, -0.05) is 18.2 Å². The summed E-state index contributed by atoms with van der Waals surface area (Å²) in [6.45, 7) is 1.72. The molecule has 1 aliphatic rings. The number of alkyl halides is 3. The van der Waals surface area contributed by atoms with E-state index in [0.29, 0.717) is 0 Å². The van der Waals surface area contributed by atoms with E-state index in [1.54, 1.807) is 0 Å². The van der Waals surface area contributed by atoms with Gasteiger partial charge in [0.2, 0.25) is 0 Å². The molecular weight excluding hydrogens is 287 g/mol. The number of aliphatic hydroxyl groups excluding tert-OH is 1. The highest BCUT2D eigenvalue weighted by molar-refractivity contribution is 5.80. The predicted octanol–water partition coefficient (Wildman–Crippen LogP) is 1.99. The molecule has 2 atom stereocenters. The lowest BCUT2D eigenvalue weighted by molar-refractivity contribution is -0.148. The van der Waals surface area contributed by atoms with Crippen LogP contribution in [0.15, 0.2) is 24.3 Å². The van der Waals surface area contributed by atoms with Crippen molar-refractivity contribution in [2.24, 2.45) is 0 Å². The molecule has 7 heteroatoms. The van der Waals surface area contributed by atoms with Crippen LogP contribution in [-0.2, 0) is 15.7 Å². The third-order valence-corrected chi connectivity index (χ3v) is 3.35. The first-order valence-electron chi connectivity index (χ1n) is 6.55. The Morgan fingerprint density at radius 2 is 2.10 bits per heavy atom. The first-order valence-corrected chi connectivity index (χ1v) is 6.55. The maximum absolute atomic E-state index is 13.0. The van der Waals surface area contributed by atoms with Crippen LogP contribution in [0.4, 0.5) is 13.2 Å². The van der Waals surface area contributed by atoms with Crippen molar-refractivity contribution < 1.29 is 27.8 Å². The van der Waals surface area contributed by atoms with Crippen LogP contribution in [0, 0.1) is 0 Å². The second-order valence-electron chi connectivity index (χ2n) is 4.90. The number of aliphatic hydroxyl groups is 1. The number of ether oxygens (including phenoxy) is 1. The van der Waals surface area contributed by atoms with E-state index in [2.05, 4.69) is 0 Å². The molecule has 1 heterocycles. The first-order chi connectivity index (χ1) is 9.80. The number of hydrogen-bond donors (Lipinski definition) is 1. The molecule has 0 radical (unpaired) electrons. The van der Waals surface area contributed by atoms with E-state index in [1.165, 1.54) is 30.0 Å². The van der Waals surface area contributed by atoms with Gasteiger partial charge in [0, 0.05) is 6.54 Å². The lowest BCUT2D eigenvalue weighted by Crippen LogP contribution is -2.46. The van der Waals surface area contributed by atoms with Gasteiger partial charge < -0.3 is 14.7 Å². The summed E-state index contributed by atoms with van der Waals surface area (Å²) >= 11 is 0. The summed E-state index contributed by atoms with van der Waals surface area (Å²) in [6.07, 6.45) is -6.50. The van der Waals surface area contributed by atoms with Gasteiger partial charge >= 0.3 is 6.18 Å². The van der Waals surface area contributed by atoms with Crippen molar-refractivity contribution in [1.82, 2.24) is 4.90 Å². The highest BCUT2D eigenvalue weighted by Crippen LogP contribution is 2.36. The second-order valence-corrected chi connectivity index (χ2v) is 4.90. The second kappa shape index (κ2) is 6.03. The minimum Gasteiger partial charge on any atom is -0.384 e. The SMILES string of the molecule is C[C@@H](O)C(=O)N1CCO[C@H](c2ccccc2C(F)(F)F)C1. The summed E-state index contributed by atoms with van der Waals surface area (Å²) in [7, 11) is 0. The Kier molecular flexibility index (Phi) is 4.53. The highest BCUT2D eigenvalue weighted by atomic mass is 19.4. The van der Waals surface area contributed by atoms with Gasteiger partial charge in [-0.05, 0) is 18.6 Å². The standard InChI is InChI=1S/C14H16F3NO3/c1-9(19)13(20)18-6-7-21-12(8-18)10-4-2-3-5-11(10)14(15,16)17/h2-5,9,12,19H,6-8H2,1H3/t9-,12+/m1/s1. The smallest absolute Gasteiger partial charge is 0.384 e. The minimum absolute atomic E-state index is 0.00315. The van der Waals surface area contributed by atoms with Gasteiger partial charge in [-0.15, -0.1) is 0 Å². The van der Waals surface area contributed by atoms with E-state index >= 15 is 0 Å². The zero-order valence-electron chi connectivity index (χ0n) is 11.4. The van der Waals surface area contributed by atoms with Gasteiger partial charge in [-0.25, -0.2) is 0 Å². The Morgan fingerprint density at radius 3 is 2.71 bits per heavy atom. The number of carbonyl (C=O) groups excluding carboxylic acids is 1. The van der Waals surface area contributed by atoms with Crippen molar-refractivity contribution in [3.05, 3.63) is 35.4 Å². The fourth-order valence-electron chi connectivity index (χ4n) is 2.34. The molecule has 0 aromatic heterocycles. The Bertz CT molecular complexity index is 516. The molecule has 1 aliphatic heterocycles. The van der Waals surface area contributed by atoms with Crippen molar-refractivity contribution in [3.8, 4) is 0 Å². The third kappa shape index (κ3) is 3.54. The molecule has 1 saturated heterocycles. The number of amides is 1. The van der Waals surface area contributed by atoms with Crippen molar-refractivity contribution in [2.45, 2.75) is 25.3 Å². The van der Waals surface area contributed by atoms with Gasteiger partial charge in [-0.3, -0.25) is 4.79 Å². The quantitative estimate of drug-likeness (QED) is 0.909. The Labute approximate surface area is 120 Å². The summed E-state index contributed by atoms with van der Waals surface area (Å²) in [6, 6.07) is 5.16. The summed E-state index contributed by atoms with van der Waals surface area (Å²) in [5.41, 5.74) is -0.755. The van der Waals surface area contributed by atoms with E-state index in [0.717, 1.165) is 6.07 Å². The molecular formula is C14H16F3NO3. The summed E-state index contributed by atoms with van der Waals surface area (Å²) in [5, 5.41) is 9.30. The van der Waals surface area contributed by atoms with Crippen LogP contribution in [-0.4, -0.2) is 41.7 Å². The van der Waals surface area contributed by atoms with Crippen molar-refractivity contribution in [1.29, 1.82) is 0 Å². The molecule has 4 nitrogen and oxygen atoms in total. The highest BCUT2D eigenvalue weighted by Gasteiger charge is 2.37. The number of morpholine rings is 1. The molecule has 1 amide bonds. The van der Waals surface area contributed by atoms with Crippen LogP contribution in [0.3, 0.4) is 0 Å². The molecule has 1 fully saturated rings. The molecule has 116 valence electrons. The van der Waals surface area contributed by atoms with E-state index in [-0.39, 0.29) is 25.3 Å². The van der Waals surface area contributed by atoms with E-state index < -0.39 is 29.9 Å². The van der Waals surface area contributed by atoms with Gasteiger partial charge in [0.1, 0.15) is 12.2 Å². The lowest BCUT2D eigenvalue weighted by atomic mass is 10.0. The molecule has 0 unspecified atom stereocenters. The molecule has 21 heavy (non-hydrogen) atoms. The van der Waals surface area contributed by atoms with Crippen LogP contribution in [0.1, 0.15) is 24.2 Å². The fourth-order valence-corrected chi connectivity index (χ4v) is 2.34. The largest absolute Gasteiger partial charge is 0.416 e. The van der Waals surface area contributed by atoms with Crippen molar-refractivity contribution >= 4 is 5.91 Å². The maximum atomic E-state index is 13.0. The van der Waals surface area contributed by atoms with E-state index in [9.17, 15) is 23.1 Å². The van der Waals surface area contributed by atoms with Crippen LogP contribution in [0.2, 0.25) is 0 Å². The minimum atomic E-state index is -4.48. The predicted molar refractivity (Wildman–Crippen MR) is 68.4 cm³/mol. The summed E-state index contributed by atoms with van der Waals surface area (Å²) < 4.78 is 44.4. The maximum Gasteiger partial charge on any atom is 0.416 e. The normalized spacial score (nSPS) is 21.2. The van der Waals surface area contributed by atoms with Gasteiger partial charge in [-0.2, -0.15) is 13.2 Å².